The highest BCUT2D eigenvalue weighted by molar-refractivity contribution is 7.99. The van der Waals surface area contributed by atoms with Gasteiger partial charge in [0.2, 0.25) is 5.91 Å². The average Bonchev–Trinajstić information content (AvgIpc) is 3.26. The van der Waals surface area contributed by atoms with Crippen molar-refractivity contribution in [3.63, 3.8) is 0 Å². The lowest BCUT2D eigenvalue weighted by atomic mass is 10.1. The molecule has 6 nitrogen and oxygen atoms in total. The minimum atomic E-state index is -0.304. The number of aromatic nitrogens is 3. The first kappa shape index (κ1) is 22.5. The number of ether oxygens (including phenoxy) is 1. The summed E-state index contributed by atoms with van der Waals surface area (Å²) < 4.78 is 20.5. The van der Waals surface area contributed by atoms with E-state index in [9.17, 15) is 9.18 Å². The number of para-hydroxylation sites is 1. The van der Waals surface area contributed by atoms with Gasteiger partial charge in [0.1, 0.15) is 11.6 Å². The van der Waals surface area contributed by atoms with E-state index in [1.54, 1.807) is 19.2 Å². The van der Waals surface area contributed by atoms with Gasteiger partial charge in [-0.05, 0) is 48.9 Å². The van der Waals surface area contributed by atoms with Gasteiger partial charge in [-0.3, -0.25) is 9.36 Å². The lowest BCUT2D eigenvalue weighted by molar-refractivity contribution is -0.118. The highest BCUT2D eigenvalue weighted by Crippen LogP contribution is 2.33. The fourth-order valence-corrected chi connectivity index (χ4v) is 4.06. The van der Waals surface area contributed by atoms with Crippen molar-refractivity contribution >= 4 is 17.7 Å². The maximum Gasteiger partial charge on any atom is 0.230 e. The summed E-state index contributed by atoms with van der Waals surface area (Å²) in [6.45, 7) is 2.36. The summed E-state index contributed by atoms with van der Waals surface area (Å²) in [7, 11) is 1.62. The lowest BCUT2D eigenvalue weighted by Crippen LogP contribution is -2.24. The maximum atomic E-state index is 13.1. The predicted molar refractivity (Wildman–Crippen MR) is 127 cm³/mol. The molecule has 0 saturated heterocycles. The second-order valence-corrected chi connectivity index (χ2v) is 8.31. The quantitative estimate of drug-likeness (QED) is 0.381. The first-order chi connectivity index (χ1) is 16.0. The van der Waals surface area contributed by atoms with Crippen LogP contribution in [0.5, 0.6) is 5.75 Å². The molecule has 0 aliphatic carbocycles. The van der Waals surface area contributed by atoms with E-state index >= 15 is 0 Å². The molecule has 3 aromatic carbocycles. The lowest BCUT2D eigenvalue weighted by Gasteiger charge is -2.13. The van der Waals surface area contributed by atoms with Crippen LogP contribution >= 0.6 is 11.8 Å². The van der Waals surface area contributed by atoms with Crippen LogP contribution < -0.4 is 10.1 Å². The molecule has 0 radical (unpaired) electrons. The predicted octanol–water partition coefficient (Wildman–Crippen LogP) is 4.80. The van der Waals surface area contributed by atoms with Gasteiger partial charge in [-0.2, -0.15) is 0 Å². The molecule has 168 valence electrons. The maximum absolute atomic E-state index is 13.1. The number of amides is 1. The van der Waals surface area contributed by atoms with E-state index in [0.717, 1.165) is 22.4 Å². The van der Waals surface area contributed by atoms with Gasteiger partial charge in [-0.1, -0.05) is 53.7 Å². The number of carbonyl (C=O) groups is 1. The zero-order chi connectivity index (χ0) is 23.2. The second kappa shape index (κ2) is 10.3. The highest BCUT2D eigenvalue weighted by atomic mass is 32.2. The number of thioether (sulfide) groups is 1. The van der Waals surface area contributed by atoms with E-state index < -0.39 is 0 Å². The van der Waals surface area contributed by atoms with Gasteiger partial charge in [-0.15, -0.1) is 10.2 Å². The van der Waals surface area contributed by atoms with E-state index in [4.69, 9.17) is 4.74 Å². The van der Waals surface area contributed by atoms with Crippen molar-refractivity contribution in [2.45, 2.75) is 18.6 Å². The standard InChI is InChI=1S/C25H23FN4O2S/c1-17-7-13-20(14-8-17)30-24(21-5-3-4-6-22(21)32-2)28-29-25(30)33-16-23(31)27-15-18-9-11-19(26)12-10-18/h3-14H,15-16H2,1-2H3,(H,27,31). The Kier molecular flexibility index (Phi) is 7.04. The van der Waals surface area contributed by atoms with Crippen LogP contribution in [0.15, 0.2) is 78.0 Å². The number of hydrogen-bond donors (Lipinski definition) is 1. The number of nitrogens with zero attached hydrogens (tertiary/aromatic N) is 3. The summed E-state index contributed by atoms with van der Waals surface area (Å²) in [5.74, 6) is 1.03. The number of nitrogens with one attached hydrogen (secondary N) is 1. The van der Waals surface area contributed by atoms with Crippen LogP contribution in [0.3, 0.4) is 0 Å². The summed E-state index contributed by atoms with van der Waals surface area (Å²) in [6.07, 6.45) is 0. The molecule has 4 aromatic rings. The van der Waals surface area contributed by atoms with Gasteiger partial charge in [-0.25, -0.2) is 4.39 Å². The Morgan fingerprint density at radius 2 is 1.76 bits per heavy atom. The van der Waals surface area contributed by atoms with E-state index in [0.29, 0.717) is 23.3 Å². The minimum Gasteiger partial charge on any atom is -0.496 e. The number of hydrogen-bond acceptors (Lipinski definition) is 5. The summed E-state index contributed by atoms with van der Waals surface area (Å²) >= 11 is 1.30. The van der Waals surface area contributed by atoms with Gasteiger partial charge in [0.15, 0.2) is 11.0 Å². The molecular weight excluding hydrogens is 439 g/mol. The van der Waals surface area contributed by atoms with Gasteiger partial charge < -0.3 is 10.1 Å². The SMILES string of the molecule is COc1ccccc1-c1nnc(SCC(=O)NCc2ccc(F)cc2)n1-c1ccc(C)cc1. The van der Waals surface area contributed by atoms with Gasteiger partial charge in [0, 0.05) is 12.2 Å². The number of halogens is 1. The zero-order valence-corrected chi connectivity index (χ0v) is 19.1. The molecule has 0 aliphatic heterocycles. The third-order valence-corrected chi connectivity index (χ3v) is 5.94. The average molecular weight is 463 g/mol. The molecule has 0 bridgehead atoms. The number of benzene rings is 3. The smallest absolute Gasteiger partial charge is 0.230 e. The van der Waals surface area contributed by atoms with Crippen molar-refractivity contribution in [3.05, 3.63) is 89.7 Å². The molecular formula is C25H23FN4O2S. The first-order valence-electron chi connectivity index (χ1n) is 10.3. The van der Waals surface area contributed by atoms with E-state index in [1.165, 1.54) is 23.9 Å². The van der Waals surface area contributed by atoms with E-state index in [-0.39, 0.29) is 17.5 Å². The third kappa shape index (κ3) is 5.40. The molecule has 1 aromatic heterocycles. The Hall–Kier alpha value is -3.65. The van der Waals surface area contributed by atoms with Crippen LogP contribution in [0.1, 0.15) is 11.1 Å². The normalized spacial score (nSPS) is 10.8. The Morgan fingerprint density at radius 3 is 2.48 bits per heavy atom. The summed E-state index contributed by atoms with van der Waals surface area (Å²) in [5.41, 5.74) is 3.66. The van der Waals surface area contributed by atoms with Crippen LogP contribution in [-0.4, -0.2) is 33.5 Å². The van der Waals surface area contributed by atoms with Gasteiger partial charge >= 0.3 is 0 Å². The Balaban J connectivity index is 1.56. The van der Waals surface area contributed by atoms with E-state index in [1.807, 2.05) is 60.0 Å². The molecule has 4 rings (SSSR count). The highest BCUT2D eigenvalue weighted by Gasteiger charge is 2.19. The number of carbonyl (C=O) groups excluding carboxylic acids is 1. The monoisotopic (exact) mass is 462 g/mol. The molecule has 1 N–H and O–H groups in total. The van der Waals surface area contributed by atoms with Crippen LogP contribution in [0.25, 0.3) is 17.1 Å². The largest absolute Gasteiger partial charge is 0.496 e. The van der Waals surface area contributed by atoms with Crippen molar-refractivity contribution < 1.29 is 13.9 Å². The molecule has 0 atom stereocenters. The number of rotatable bonds is 8. The number of aryl methyl sites for hydroxylation is 1. The summed E-state index contributed by atoms with van der Waals surface area (Å²) in [5, 5.41) is 12.2. The second-order valence-electron chi connectivity index (χ2n) is 7.37. The minimum absolute atomic E-state index is 0.151. The summed E-state index contributed by atoms with van der Waals surface area (Å²) in [4.78, 5) is 12.4. The molecule has 0 unspecified atom stereocenters. The molecule has 33 heavy (non-hydrogen) atoms. The van der Waals surface area contributed by atoms with Crippen LogP contribution in [0.2, 0.25) is 0 Å². The van der Waals surface area contributed by atoms with Gasteiger partial charge in [0.25, 0.3) is 0 Å². The van der Waals surface area contributed by atoms with Crippen LogP contribution in [-0.2, 0) is 11.3 Å². The Morgan fingerprint density at radius 1 is 1.03 bits per heavy atom. The zero-order valence-electron chi connectivity index (χ0n) is 18.3. The molecule has 1 heterocycles. The van der Waals surface area contributed by atoms with Crippen LogP contribution in [0.4, 0.5) is 4.39 Å². The van der Waals surface area contributed by atoms with E-state index in [2.05, 4.69) is 15.5 Å². The molecule has 8 heteroatoms. The fourth-order valence-electron chi connectivity index (χ4n) is 3.28. The van der Waals surface area contributed by atoms with Crippen molar-refractivity contribution in [2.75, 3.05) is 12.9 Å². The summed E-state index contributed by atoms with van der Waals surface area (Å²) in [6, 6.07) is 21.7. The van der Waals surface area contributed by atoms with Crippen molar-refractivity contribution in [2.24, 2.45) is 0 Å². The van der Waals surface area contributed by atoms with Crippen molar-refractivity contribution in [1.29, 1.82) is 0 Å². The van der Waals surface area contributed by atoms with Gasteiger partial charge in [0.05, 0.1) is 18.4 Å². The Bertz CT molecular complexity index is 1240. The van der Waals surface area contributed by atoms with Crippen LogP contribution in [0, 0.1) is 12.7 Å². The molecule has 0 fully saturated rings. The molecule has 0 saturated carbocycles. The Labute approximate surface area is 195 Å². The van der Waals surface area contributed by atoms with Crippen molar-refractivity contribution in [1.82, 2.24) is 20.1 Å². The fraction of sp³-hybridized carbons (Fsp3) is 0.160. The first-order valence-corrected chi connectivity index (χ1v) is 11.3. The van der Waals surface area contributed by atoms with Crippen molar-refractivity contribution in [3.8, 4) is 22.8 Å². The number of methoxy groups -OCH3 is 1. The topological polar surface area (TPSA) is 69.0 Å². The molecule has 0 spiro atoms. The molecule has 1 amide bonds. The molecule has 0 aliphatic rings. The third-order valence-electron chi connectivity index (χ3n) is 5.01.